The fraction of sp³-hybridized carbons (Fsp3) is 0.476. The van der Waals surface area contributed by atoms with Crippen LogP contribution in [-0.4, -0.2) is 41.4 Å². The number of nitrogens with two attached hydrogens (primary N) is 2. The van der Waals surface area contributed by atoms with Gasteiger partial charge in [-0.3, -0.25) is 4.79 Å². The van der Waals surface area contributed by atoms with Gasteiger partial charge in [0.25, 0.3) is 0 Å². The number of ketones is 1. The minimum absolute atomic E-state index is 0.0384. The van der Waals surface area contributed by atoms with Crippen LogP contribution < -0.4 is 21.7 Å². The van der Waals surface area contributed by atoms with Gasteiger partial charge in [-0.05, 0) is 30.4 Å². The number of anilines is 3. The summed E-state index contributed by atoms with van der Waals surface area (Å²) in [5.74, 6) is 1.34. The van der Waals surface area contributed by atoms with E-state index in [1.165, 1.54) is 11.8 Å². The van der Waals surface area contributed by atoms with Gasteiger partial charge in [0.1, 0.15) is 22.8 Å². The minimum atomic E-state index is -1.04. The van der Waals surface area contributed by atoms with Crippen LogP contribution in [0, 0.1) is 5.41 Å². The summed E-state index contributed by atoms with van der Waals surface area (Å²) in [5.41, 5.74) is 13.9. The molecule has 7 nitrogen and oxygen atoms in total. The maximum absolute atomic E-state index is 14.3. The highest BCUT2D eigenvalue weighted by Crippen LogP contribution is 2.45. The number of piperidine rings is 1. The van der Waals surface area contributed by atoms with Gasteiger partial charge in [0.15, 0.2) is 5.82 Å². The van der Waals surface area contributed by atoms with Crippen molar-refractivity contribution in [3.8, 4) is 0 Å². The average molecular weight is 429 g/mol. The second-order valence-electron chi connectivity index (χ2n) is 8.46. The van der Waals surface area contributed by atoms with E-state index >= 15 is 0 Å². The highest BCUT2D eigenvalue weighted by atomic mass is 32.2. The van der Waals surface area contributed by atoms with Crippen molar-refractivity contribution in [1.29, 1.82) is 0 Å². The Morgan fingerprint density at radius 1 is 1.30 bits per heavy atom. The van der Waals surface area contributed by atoms with Crippen molar-refractivity contribution < 1.29 is 9.18 Å². The molecule has 30 heavy (non-hydrogen) atoms. The molecule has 2 atom stereocenters. The molecular formula is C21H25FN6OS. The number of halogens is 1. The summed E-state index contributed by atoms with van der Waals surface area (Å²) >= 11 is 1.34. The second-order valence-corrected chi connectivity index (χ2v) is 9.49. The second kappa shape index (κ2) is 7.39. The van der Waals surface area contributed by atoms with Gasteiger partial charge in [-0.2, -0.15) is 0 Å². The molecule has 5 N–H and O–H groups in total. The third-order valence-corrected chi connectivity index (χ3v) is 7.76. The van der Waals surface area contributed by atoms with E-state index < -0.39 is 6.17 Å². The average Bonchev–Trinajstić information content (AvgIpc) is 3.24. The zero-order valence-corrected chi connectivity index (χ0v) is 17.4. The number of nitrogen functional groups attached to an aromatic ring is 1. The Balaban J connectivity index is 1.31. The van der Waals surface area contributed by atoms with Gasteiger partial charge in [-0.1, -0.05) is 17.8 Å². The van der Waals surface area contributed by atoms with E-state index in [2.05, 4.69) is 20.2 Å². The summed E-state index contributed by atoms with van der Waals surface area (Å²) in [4.78, 5) is 23.9. The van der Waals surface area contributed by atoms with E-state index in [9.17, 15) is 9.18 Å². The van der Waals surface area contributed by atoms with Gasteiger partial charge in [-0.15, -0.1) is 0 Å². The zero-order valence-electron chi connectivity index (χ0n) is 16.6. The van der Waals surface area contributed by atoms with E-state index in [4.69, 9.17) is 11.5 Å². The van der Waals surface area contributed by atoms with Gasteiger partial charge in [0, 0.05) is 48.1 Å². The van der Waals surface area contributed by atoms with Crippen LogP contribution in [0.15, 0.2) is 34.3 Å². The molecule has 1 aromatic heterocycles. The minimum Gasteiger partial charge on any atom is -0.381 e. The number of carbonyl (C=O) groups is 1. The van der Waals surface area contributed by atoms with Crippen LogP contribution in [0.3, 0.4) is 0 Å². The molecule has 1 aromatic carbocycles. The molecule has 0 amide bonds. The van der Waals surface area contributed by atoms with Crippen LogP contribution in [-0.2, 0) is 4.79 Å². The first kappa shape index (κ1) is 19.6. The molecule has 0 radical (unpaired) electrons. The van der Waals surface area contributed by atoms with Crippen molar-refractivity contribution in [3.63, 3.8) is 0 Å². The molecule has 3 aliphatic rings. The maximum atomic E-state index is 14.3. The summed E-state index contributed by atoms with van der Waals surface area (Å²) < 4.78 is 14.3. The lowest BCUT2D eigenvalue weighted by Crippen LogP contribution is -2.47. The summed E-state index contributed by atoms with van der Waals surface area (Å²) in [7, 11) is 0. The molecule has 1 saturated heterocycles. The van der Waals surface area contributed by atoms with Crippen LogP contribution in [0.2, 0.25) is 0 Å². The Hall–Kier alpha value is -2.39. The lowest BCUT2D eigenvalue weighted by Gasteiger charge is -2.41. The first-order chi connectivity index (χ1) is 14.4. The monoisotopic (exact) mass is 428 g/mol. The molecule has 2 aliphatic heterocycles. The summed E-state index contributed by atoms with van der Waals surface area (Å²) in [6.45, 7) is 1.85. The first-order valence-electron chi connectivity index (χ1n) is 10.3. The van der Waals surface area contributed by atoms with Gasteiger partial charge in [-0.25, -0.2) is 14.4 Å². The highest BCUT2D eigenvalue weighted by molar-refractivity contribution is 7.99. The third-order valence-electron chi connectivity index (χ3n) is 6.68. The molecule has 0 bridgehead atoms. The molecule has 2 fully saturated rings. The Kier molecular flexibility index (Phi) is 4.82. The number of hydrogen-bond acceptors (Lipinski definition) is 8. The molecule has 1 aliphatic carbocycles. The van der Waals surface area contributed by atoms with Gasteiger partial charge >= 0.3 is 0 Å². The quantitative estimate of drug-likeness (QED) is 0.684. The maximum Gasteiger partial charge on any atom is 0.158 e. The van der Waals surface area contributed by atoms with Gasteiger partial charge < -0.3 is 21.7 Å². The van der Waals surface area contributed by atoms with Crippen LogP contribution in [0.5, 0.6) is 0 Å². The Morgan fingerprint density at radius 3 is 2.80 bits per heavy atom. The predicted octanol–water partition coefficient (Wildman–Crippen LogP) is 2.92. The normalized spacial score (nSPS) is 24.9. The smallest absolute Gasteiger partial charge is 0.158 e. The zero-order chi connectivity index (χ0) is 20.9. The lowest BCUT2D eigenvalue weighted by atomic mass is 9.74. The molecule has 5 rings (SSSR count). The molecule has 1 spiro atoms. The van der Waals surface area contributed by atoms with Gasteiger partial charge in [0.05, 0.1) is 12.7 Å². The number of alkyl halides is 1. The van der Waals surface area contributed by atoms with E-state index in [0.29, 0.717) is 35.8 Å². The van der Waals surface area contributed by atoms with E-state index in [0.717, 1.165) is 42.3 Å². The van der Waals surface area contributed by atoms with Crippen molar-refractivity contribution in [3.05, 3.63) is 30.0 Å². The fourth-order valence-corrected chi connectivity index (χ4v) is 5.87. The molecule has 3 heterocycles. The molecule has 158 valence electrons. The Morgan fingerprint density at radius 2 is 2.10 bits per heavy atom. The largest absolute Gasteiger partial charge is 0.381 e. The Labute approximate surface area is 178 Å². The van der Waals surface area contributed by atoms with Crippen molar-refractivity contribution >= 4 is 34.9 Å². The number of fused-ring (bicyclic) bond motifs is 1. The molecule has 1 saturated carbocycles. The number of nitrogens with one attached hydrogen (secondary N) is 1. The molecule has 2 aromatic rings. The standard InChI is InChI=1S/C21H25FN6OS/c22-13-10-25-14-2-1-3-15(18(13)14)30-20-19(24)27-17(11-26-20)28-6-4-21(5-7-28)9-12(29)8-16(21)23/h1-3,11,13,16,25H,4-10,23H2,(H2,24,27)/t13?,16-/m0/s1. The summed E-state index contributed by atoms with van der Waals surface area (Å²) in [5, 5.41) is 3.65. The SMILES string of the molecule is Nc1nc(N2CCC3(CC2)CC(=O)C[C@@H]3N)cnc1Sc1cccc2c1C(F)CN2. The predicted molar refractivity (Wildman–Crippen MR) is 115 cm³/mol. The molecular weight excluding hydrogens is 403 g/mol. The van der Waals surface area contributed by atoms with Crippen molar-refractivity contribution in [2.45, 2.75) is 47.8 Å². The van der Waals surface area contributed by atoms with Crippen molar-refractivity contribution in [2.24, 2.45) is 11.1 Å². The van der Waals surface area contributed by atoms with Crippen LogP contribution >= 0.6 is 11.8 Å². The number of rotatable bonds is 3. The number of benzene rings is 1. The van der Waals surface area contributed by atoms with E-state index in [-0.39, 0.29) is 17.2 Å². The Bertz CT molecular complexity index is 993. The van der Waals surface area contributed by atoms with Crippen LogP contribution in [0.4, 0.5) is 21.7 Å². The topological polar surface area (TPSA) is 110 Å². The number of aromatic nitrogens is 2. The molecule has 1 unspecified atom stereocenters. The fourth-order valence-electron chi connectivity index (χ4n) is 4.92. The van der Waals surface area contributed by atoms with Crippen molar-refractivity contribution in [1.82, 2.24) is 9.97 Å². The lowest BCUT2D eigenvalue weighted by molar-refractivity contribution is -0.118. The summed E-state index contributed by atoms with van der Waals surface area (Å²) in [6, 6.07) is 5.62. The number of nitrogens with zero attached hydrogens (tertiary/aromatic N) is 3. The van der Waals surface area contributed by atoms with Crippen LogP contribution in [0.25, 0.3) is 0 Å². The highest BCUT2D eigenvalue weighted by Gasteiger charge is 2.46. The van der Waals surface area contributed by atoms with E-state index in [1.807, 2.05) is 18.2 Å². The summed E-state index contributed by atoms with van der Waals surface area (Å²) in [6.07, 6.45) is 3.53. The number of carbonyl (C=O) groups excluding carboxylic acids is 1. The third kappa shape index (κ3) is 3.30. The van der Waals surface area contributed by atoms with E-state index in [1.54, 1.807) is 6.20 Å². The van der Waals surface area contributed by atoms with Crippen molar-refractivity contribution in [2.75, 3.05) is 35.6 Å². The molecule has 9 heteroatoms. The van der Waals surface area contributed by atoms with Gasteiger partial charge in [0.2, 0.25) is 0 Å². The first-order valence-corrected chi connectivity index (χ1v) is 11.1. The number of Topliss-reactive ketones (excluding diaryl/α,β-unsaturated/α-hetero) is 1. The van der Waals surface area contributed by atoms with Crippen LogP contribution in [0.1, 0.15) is 37.4 Å². The number of hydrogen-bond donors (Lipinski definition) is 3.